The zero-order valence-corrected chi connectivity index (χ0v) is 14.3. The van der Waals surface area contributed by atoms with Gasteiger partial charge in [0.25, 0.3) is 0 Å². The molecule has 2 rings (SSSR count). The number of aryl methyl sites for hydroxylation is 1. The van der Waals surface area contributed by atoms with Crippen molar-refractivity contribution in [2.75, 3.05) is 0 Å². The number of benzene rings is 1. The maximum Gasteiger partial charge on any atom is 0 e. The van der Waals surface area contributed by atoms with E-state index in [1.807, 2.05) is 11.3 Å². The molecule has 0 amide bonds. The number of hydrogen-bond acceptors (Lipinski definition) is 1. The normalized spacial score (nSPS) is 10.4. The van der Waals surface area contributed by atoms with Crippen molar-refractivity contribution in [1.29, 1.82) is 0 Å². The summed E-state index contributed by atoms with van der Waals surface area (Å²) in [6, 6.07) is 14.1. The first kappa shape index (κ1) is 15.1. The Morgan fingerprint density at radius 3 is 2.35 bits per heavy atom. The van der Waals surface area contributed by atoms with Crippen LogP contribution in [0.15, 0.2) is 30.3 Å². The Kier molecular flexibility index (Phi) is 6.05. The largest absolute Gasteiger partial charge is 0.265 e. The topological polar surface area (TPSA) is 0 Å². The van der Waals surface area contributed by atoms with Crippen LogP contribution in [0.1, 0.15) is 40.6 Å². The molecule has 0 aliphatic carbocycles. The molecule has 87 valence electrons. The van der Waals surface area contributed by atoms with Gasteiger partial charge in [0.2, 0.25) is 0 Å². The first-order valence-electron chi connectivity index (χ1n) is 5.72. The Bertz CT molecular complexity index is 457. The Balaban J connectivity index is 0.00000144. The second-order valence-corrected chi connectivity index (χ2v) is 5.59. The minimum absolute atomic E-state index is 0. The third kappa shape index (κ3) is 4.01. The van der Waals surface area contributed by atoms with Gasteiger partial charge in [-0.25, -0.2) is 11.6 Å². The summed E-state index contributed by atoms with van der Waals surface area (Å²) in [5.74, 6) is 0.591. The van der Waals surface area contributed by atoms with Gasteiger partial charge in [0, 0.05) is 32.7 Å². The zero-order chi connectivity index (χ0) is 11.5. The fourth-order valence-corrected chi connectivity index (χ4v) is 2.85. The Morgan fingerprint density at radius 2 is 1.82 bits per heavy atom. The summed E-state index contributed by atoms with van der Waals surface area (Å²) in [6.07, 6.45) is 1.04. The van der Waals surface area contributed by atoms with Crippen LogP contribution in [0.3, 0.4) is 0 Å². The number of hydrogen-bond donors (Lipinski definition) is 0. The van der Waals surface area contributed by atoms with Crippen molar-refractivity contribution in [2.45, 2.75) is 33.1 Å². The second kappa shape index (κ2) is 6.82. The average Bonchev–Trinajstić information content (AvgIpc) is 2.62. The molecule has 2 aromatic rings. The fraction of sp³-hybridized carbons (Fsp3) is 0.333. The maximum absolute atomic E-state index is 3.48. The molecule has 1 aromatic heterocycles. The van der Waals surface area contributed by atoms with Crippen molar-refractivity contribution in [2.24, 2.45) is 0 Å². The minimum Gasteiger partial charge on any atom is -0.265 e. The fourth-order valence-electron chi connectivity index (χ4n) is 1.70. The molecule has 0 atom stereocenters. The number of thiophene rings is 1. The molecule has 0 unspecified atom stereocenters. The van der Waals surface area contributed by atoms with Crippen molar-refractivity contribution < 1.29 is 32.7 Å². The van der Waals surface area contributed by atoms with Crippen LogP contribution in [0.25, 0.3) is 0 Å². The van der Waals surface area contributed by atoms with Crippen molar-refractivity contribution in [3.05, 3.63) is 57.3 Å². The molecule has 0 fully saturated rings. The Labute approximate surface area is 133 Å². The molecule has 1 radical (unpaired) electrons. The first-order valence-corrected chi connectivity index (χ1v) is 6.54. The van der Waals surface area contributed by atoms with Crippen LogP contribution >= 0.6 is 11.3 Å². The summed E-state index contributed by atoms with van der Waals surface area (Å²) in [5.41, 5.74) is 2.70. The van der Waals surface area contributed by atoms with Gasteiger partial charge in [-0.2, -0.15) is 0 Å². The SMILES string of the molecule is Cc1[c-]c(C(C)C)sc1Cc1ccccc1.[Y]. The van der Waals surface area contributed by atoms with E-state index in [-0.39, 0.29) is 32.7 Å². The van der Waals surface area contributed by atoms with Gasteiger partial charge in [0.15, 0.2) is 0 Å². The van der Waals surface area contributed by atoms with Gasteiger partial charge in [-0.1, -0.05) is 63.1 Å². The monoisotopic (exact) mass is 318 g/mol. The smallest absolute Gasteiger partial charge is 0 e. The molecule has 0 nitrogen and oxygen atoms in total. The van der Waals surface area contributed by atoms with E-state index in [2.05, 4.69) is 57.2 Å². The van der Waals surface area contributed by atoms with Crippen LogP contribution in [-0.2, 0) is 39.1 Å². The summed E-state index contributed by atoms with van der Waals surface area (Å²) < 4.78 is 0. The van der Waals surface area contributed by atoms with E-state index in [0.29, 0.717) is 5.92 Å². The Hall–Kier alpha value is 0.0239. The van der Waals surface area contributed by atoms with Crippen molar-refractivity contribution in [3.8, 4) is 0 Å². The molecule has 2 heteroatoms. The van der Waals surface area contributed by atoms with Gasteiger partial charge < -0.3 is 0 Å². The average molecular weight is 318 g/mol. The van der Waals surface area contributed by atoms with Crippen LogP contribution in [0.2, 0.25) is 0 Å². The molecule has 1 aromatic carbocycles. The van der Waals surface area contributed by atoms with E-state index in [1.54, 1.807) is 0 Å². The van der Waals surface area contributed by atoms with E-state index < -0.39 is 0 Å². The predicted molar refractivity (Wildman–Crippen MR) is 71.2 cm³/mol. The summed E-state index contributed by atoms with van der Waals surface area (Å²) in [6.45, 7) is 6.63. The van der Waals surface area contributed by atoms with E-state index in [0.717, 1.165) is 6.42 Å². The molecule has 0 N–H and O–H groups in total. The van der Waals surface area contributed by atoms with Gasteiger partial charge in [0.1, 0.15) is 0 Å². The third-order valence-electron chi connectivity index (χ3n) is 2.69. The quantitative estimate of drug-likeness (QED) is 0.727. The summed E-state index contributed by atoms with van der Waals surface area (Å²) in [5, 5.41) is 0. The van der Waals surface area contributed by atoms with Gasteiger partial charge in [-0.05, 0) is 5.92 Å². The van der Waals surface area contributed by atoms with Gasteiger partial charge >= 0.3 is 0 Å². The van der Waals surface area contributed by atoms with E-state index in [1.165, 1.54) is 20.9 Å². The van der Waals surface area contributed by atoms with Crippen LogP contribution in [0, 0.1) is 13.0 Å². The minimum atomic E-state index is 0. The predicted octanol–water partition coefficient (Wildman–Crippen LogP) is 4.57. The van der Waals surface area contributed by atoms with E-state index in [4.69, 9.17) is 0 Å². The van der Waals surface area contributed by atoms with Crippen LogP contribution in [-0.4, -0.2) is 0 Å². The standard InChI is InChI=1S/C15H17S.Y/c1-11(2)14-9-12(3)15(16-14)10-13-7-5-4-6-8-13;/h4-8,11H,10H2,1-3H3;/q-1;. The number of rotatable bonds is 3. The zero-order valence-electron chi connectivity index (χ0n) is 10.7. The van der Waals surface area contributed by atoms with E-state index in [9.17, 15) is 0 Å². The molecule has 0 aliphatic rings. The van der Waals surface area contributed by atoms with Crippen molar-refractivity contribution >= 4 is 11.3 Å². The Morgan fingerprint density at radius 1 is 1.18 bits per heavy atom. The third-order valence-corrected chi connectivity index (χ3v) is 4.18. The van der Waals surface area contributed by atoms with Crippen molar-refractivity contribution in [1.82, 2.24) is 0 Å². The molecule has 0 saturated heterocycles. The first-order chi connectivity index (χ1) is 7.66. The van der Waals surface area contributed by atoms with Gasteiger partial charge in [-0.15, -0.1) is 9.75 Å². The molecule has 1 heterocycles. The van der Waals surface area contributed by atoms with E-state index >= 15 is 0 Å². The van der Waals surface area contributed by atoms with Crippen LogP contribution in [0.5, 0.6) is 0 Å². The summed E-state index contributed by atoms with van der Waals surface area (Å²) in [7, 11) is 0. The van der Waals surface area contributed by atoms with Crippen LogP contribution in [0.4, 0.5) is 0 Å². The molecule has 0 bridgehead atoms. The maximum atomic E-state index is 3.48. The molecule has 0 saturated carbocycles. The molecular weight excluding hydrogens is 301 g/mol. The molecular formula is C15H17SY-. The molecule has 0 spiro atoms. The van der Waals surface area contributed by atoms with Crippen LogP contribution < -0.4 is 0 Å². The second-order valence-electron chi connectivity index (χ2n) is 4.46. The van der Waals surface area contributed by atoms with Crippen molar-refractivity contribution in [3.63, 3.8) is 0 Å². The molecule has 0 aliphatic heterocycles. The molecule has 17 heavy (non-hydrogen) atoms. The van der Waals surface area contributed by atoms with Gasteiger partial charge in [0.05, 0.1) is 0 Å². The summed E-state index contributed by atoms with van der Waals surface area (Å²) >= 11 is 1.91. The van der Waals surface area contributed by atoms with Gasteiger partial charge in [-0.3, -0.25) is 11.3 Å². The summed E-state index contributed by atoms with van der Waals surface area (Å²) in [4.78, 5) is 2.83.